The van der Waals surface area contributed by atoms with E-state index in [0.717, 1.165) is 5.69 Å². The van der Waals surface area contributed by atoms with Gasteiger partial charge < -0.3 is 9.88 Å². The molecular weight excluding hydrogens is 303 g/mol. The number of halogens is 2. The molecule has 22 heavy (non-hydrogen) atoms. The molecule has 1 N–H and O–H groups in total. The van der Waals surface area contributed by atoms with Gasteiger partial charge in [-0.25, -0.2) is 4.39 Å². The number of amides is 1. The average molecular weight is 315 g/mol. The Balaban J connectivity index is 1.76. The SMILES string of the molecule is O=C(Nc1ccc(F)c(Cl)c1)c1ccc(-n2cccc2)cc1. The van der Waals surface area contributed by atoms with E-state index in [1.54, 1.807) is 12.1 Å². The van der Waals surface area contributed by atoms with E-state index in [0.29, 0.717) is 11.3 Å². The largest absolute Gasteiger partial charge is 0.324 e. The van der Waals surface area contributed by atoms with Crippen LogP contribution in [0.3, 0.4) is 0 Å². The minimum atomic E-state index is -0.518. The van der Waals surface area contributed by atoms with Gasteiger partial charge >= 0.3 is 0 Å². The summed E-state index contributed by atoms with van der Waals surface area (Å²) in [5.41, 5.74) is 1.92. The summed E-state index contributed by atoms with van der Waals surface area (Å²) in [6, 6.07) is 15.1. The van der Waals surface area contributed by atoms with Crippen LogP contribution in [0.4, 0.5) is 10.1 Å². The molecule has 3 aromatic rings. The van der Waals surface area contributed by atoms with Crippen LogP contribution >= 0.6 is 11.6 Å². The molecule has 0 aliphatic carbocycles. The third kappa shape index (κ3) is 3.02. The molecule has 1 amide bonds. The van der Waals surface area contributed by atoms with Gasteiger partial charge in [0.25, 0.3) is 5.91 Å². The predicted octanol–water partition coefficient (Wildman–Crippen LogP) is 4.52. The zero-order chi connectivity index (χ0) is 15.5. The van der Waals surface area contributed by atoms with E-state index in [4.69, 9.17) is 11.6 Å². The molecule has 0 aliphatic rings. The van der Waals surface area contributed by atoms with E-state index in [1.807, 2.05) is 41.2 Å². The number of carbonyl (C=O) groups is 1. The van der Waals surface area contributed by atoms with Gasteiger partial charge in [-0.3, -0.25) is 4.79 Å². The van der Waals surface area contributed by atoms with Gasteiger partial charge in [0, 0.05) is 29.3 Å². The monoisotopic (exact) mass is 314 g/mol. The standard InChI is InChI=1S/C17H12ClFN2O/c18-15-11-13(5-8-16(15)19)20-17(22)12-3-6-14(7-4-12)21-9-1-2-10-21/h1-11H,(H,20,22). The van der Waals surface area contributed by atoms with E-state index < -0.39 is 5.82 Å². The maximum absolute atomic E-state index is 13.1. The normalized spacial score (nSPS) is 10.5. The molecule has 2 aromatic carbocycles. The Kier molecular flexibility index (Phi) is 3.94. The number of aromatic nitrogens is 1. The van der Waals surface area contributed by atoms with Crippen molar-refractivity contribution in [2.45, 2.75) is 0 Å². The second-order valence-electron chi connectivity index (χ2n) is 4.72. The maximum Gasteiger partial charge on any atom is 0.255 e. The fourth-order valence-electron chi connectivity index (χ4n) is 2.07. The van der Waals surface area contributed by atoms with Gasteiger partial charge in [0.15, 0.2) is 0 Å². The molecule has 0 unspecified atom stereocenters. The Bertz CT molecular complexity index is 798. The molecule has 0 aliphatic heterocycles. The van der Waals surface area contributed by atoms with Crippen molar-refractivity contribution in [2.24, 2.45) is 0 Å². The minimum Gasteiger partial charge on any atom is -0.324 e. The first-order valence-corrected chi connectivity index (χ1v) is 7.01. The van der Waals surface area contributed by atoms with Gasteiger partial charge in [-0.2, -0.15) is 0 Å². The molecule has 110 valence electrons. The number of nitrogens with zero attached hydrogens (tertiary/aromatic N) is 1. The Morgan fingerprint density at radius 2 is 1.73 bits per heavy atom. The molecule has 1 aromatic heterocycles. The number of carbonyl (C=O) groups excluding carboxylic acids is 1. The number of hydrogen-bond donors (Lipinski definition) is 1. The second kappa shape index (κ2) is 6.03. The topological polar surface area (TPSA) is 34.0 Å². The molecule has 0 saturated heterocycles. The summed E-state index contributed by atoms with van der Waals surface area (Å²) in [5, 5.41) is 2.66. The van der Waals surface area contributed by atoms with Crippen molar-refractivity contribution in [2.75, 3.05) is 5.32 Å². The first-order valence-electron chi connectivity index (χ1n) is 6.63. The van der Waals surface area contributed by atoms with Gasteiger partial charge in [0.05, 0.1) is 5.02 Å². The van der Waals surface area contributed by atoms with Crippen LogP contribution in [-0.4, -0.2) is 10.5 Å². The van der Waals surface area contributed by atoms with E-state index >= 15 is 0 Å². The lowest BCUT2D eigenvalue weighted by Crippen LogP contribution is -2.12. The number of hydrogen-bond acceptors (Lipinski definition) is 1. The highest BCUT2D eigenvalue weighted by atomic mass is 35.5. The molecule has 0 saturated carbocycles. The van der Waals surface area contributed by atoms with Crippen molar-refractivity contribution in [3.05, 3.63) is 83.4 Å². The molecule has 5 heteroatoms. The van der Waals surface area contributed by atoms with E-state index in [2.05, 4.69) is 5.32 Å². The first-order chi connectivity index (χ1) is 10.6. The van der Waals surface area contributed by atoms with Crippen LogP contribution in [0.25, 0.3) is 5.69 Å². The molecule has 3 rings (SSSR count). The number of anilines is 1. The first kappa shape index (κ1) is 14.4. The van der Waals surface area contributed by atoms with Gasteiger partial charge in [-0.1, -0.05) is 11.6 Å². The Morgan fingerprint density at radius 3 is 2.36 bits per heavy atom. The second-order valence-corrected chi connectivity index (χ2v) is 5.13. The van der Waals surface area contributed by atoms with Crippen molar-refractivity contribution < 1.29 is 9.18 Å². The van der Waals surface area contributed by atoms with Crippen LogP contribution < -0.4 is 5.32 Å². The summed E-state index contributed by atoms with van der Waals surface area (Å²) in [4.78, 5) is 12.2. The Hall–Kier alpha value is -2.59. The van der Waals surface area contributed by atoms with Crippen molar-refractivity contribution in [3.63, 3.8) is 0 Å². The van der Waals surface area contributed by atoms with Gasteiger partial charge in [0.1, 0.15) is 5.82 Å². The highest BCUT2D eigenvalue weighted by molar-refractivity contribution is 6.31. The summed E-state index contributed by atoms with van der Waals surface area (Å²) in [5.74, 6) is -0.794. The molecule has 0 spiro atoms. The van der Waals surface area contributed by atoms with E-state index in [1.165, 1.54) is 18.2 Å². The quantitative estimate of drug-likeness (QED) is 0.757. The van der Waals surface area contributed by atoms with Crippen LogP contribution in [0.15, 0.2) is 67.0 Å². The third-order valence-electron chi connectivity index (χ3n) is 3.21. The molecular formula is C17H12ClFN2O. The molecule has 1 heterocycles. The lowest BCUT2D eigenvalue weighted by molar-refractivity contribution is 0.102. The molecule has 0 fully saturated rings. The van der Waals surface area contributed by atoms with E-state index in [9.17, 15) is 9.18 Å². The van der Waals surface area contributed by atoms with Gasteiger partial charge in [-0.15, -0.1) is 0 Å². The molecule has 0 radical (unpaired) electrons. The zero-order valence-electron chi connectivity index (χ0n) is 11.5. The predicted molar refractivity (Wildman–Crippen MR) is 85.1 cm³/mol. The smallest absolute Gasteiger partial charge is 0.255 e. The van der Waals surface area contributed by atoms with Crippen molar-refractivity contribution in [1.82, 2.24) is 4.57 Å². The Morgan fingerprint density at radius 1 is 1.05 bits per heavy atom. The molecule has 0 atom stereocenters. The highest BCUT2D eigenvalue weighted by Gasteiger charge is 2.08. The summed E-state index contributed by atoms with van der Waals surface area (Å²) in [6.45, 7) is 0. The maximum atomic E-state index is 13.1. The summed E-state index contributed by atoms with van der Waals surface area (Å²) >= 11 is 5.69. The van der Waals surface area contributed by atoms with Gasteiger partial charge in [-0.05, 0) is 54.6 Å². The van der Waals surface area contributed by atoms with Crippen LogP contribution in [0.5, 0.6) is 0 Å². The lowest BCUT2D eigenvalue weighted by Gasteiger charge is -2.07. The van der Waals surface area contributed by atoms with Gasteiger partial charge in [0.2, 0.25) is 0 Å². The third-order valence-corrected chi connectivity index (χ3v) is 3.50. The van der Waals surface area contributed by atoms with Crippen molar-refractivity contribution in [3.8, 4) is 5.69 Å². The van der Waals surface area contributed by atoms with Crippen LogP contribution in [0.1, 0.15) is 10.4 Å². The number of rotatable bonds is 3. The van der Waals surface area contributed by atoms with Crippen LogP contribution in [0, 0.1) is 5.82 Å². The minimum absolute atomic E-state index is 0.0271. The molecule has 0 bridgehead atoms. The van der Waals surface area contributed by atoms with Crippen LogP contribution in [-0.2, 0) is 0 Å². The number of nitrogens with one attached hydrogen (secondary N) is 1. The number of benzene rings is 2. The summed E-state index contributed by atoms with van der Waals surface area (Å²) in [6.07, 6.45) is 3.85. The fourth-order valence-corrected chi connectivity index (χ4v) is 2.25. The lowest BCUT2D eigenvalue weighted by atomic mass is 10.2. The van der Waals surface area contributed by atoms with Crippen molar-refractivity contribution in [1.29, 1.82) is 0 Å². The zero-order valence-corrected chi connectivity index (χ0v) is 12.2. The fraction of sp³-hybridized carbons (Fsp3) is 0. The Labute approximate surface area is 132 Å². The van der Waals surface area contributed by atoms with E-state index in [-0.39, 0.29) is 10.9 Å². The molecule has 3 nitrogen and oxygen atoms in total. The van der Waals surface area contributed by atoms with Crippen molar-refractivity contribution >= 4 is 23.2 Å². The van der Waals surface area contributed by atoms with Crippen LogP contribution in [0.2, 0.25) is 5.02 Å². The summed E-state index contributed by atoms with van der Waals surface area (Å²) < 4.78 is 15.0. The average Bonchev–Trinajstić information content (AvgIpc) is 3.05. The summed E-state index contributed by atoms with van der Waals surface area (Å²) in [7, 11) is 0. The highest BCUT2D eigenvalue weighted by Crippen LogP contribution is 2.20.